The second kappa shape index (κ2) is 6.43. The number of primary amides is 1. The van der Waals surface area contributed by atoms with E-state index in [1.807, 2.05) is 24.3 Å². The lowest BCUT2D eigenvalue weighted by Crippen LogP contribution is -2.43. The smallest absolute Gasteiger partial charge is 0.240 e. The number of carbonyl (C=O) groups excluding carboxylic acids is 1. The number of nitrogens with two attached hydrogens (primary N) is 1. The van der Waals surface area contributed by atoms with E-state index in [0.717, 1.165) is 18.5 Å². The Bertz CT molecular complexity index is 430. The summed E-state index contributed by atoms with van der Waals surface area (Å²) in [7, 11) is 1.61. The normalized spacial score (nSPS) is 17.7. The zero-order valence-electron chi connectivity index (χ0n) is 11.1. The maximum absolute atomic E-state index is 11.7. The first-order chi connectivity index (χ1) is 9.22. The number of hydrogen-bond donors (Lipinski definition) is 2. The van der Waals surface area contributed by atoms with Gasteiger partial charge in [-0.25, -0.2) is 0 Å². The first kappa shape index (κ1) is 13.7. The number of anilines is 1. The van der Waals surface area contributed by atoms with Gasteiger partial charge in [-0.2, -0.15) is 0 Å². The van der Waals surface area contributed by atoms with E-state index < -0.39 is 0 Å². The highest BCUT2D eigenvalue weighted by Crippen LogP contribution is 2.27. The van der Waals surface area contributed by atoms with Crippen LogP contribution in [0.2, 0.25) is 0 Å². The molecule has 1 saturated heterocycles. The van der Waals surface area contributed by atoms with Crippen molar-refractivity contribution >= 4 is 11.6 Å². The molecule has 5 heteroatoms. The third kappa shape index (κ3) is 3.38. The van der Waals surface area contributed by atoms with Gasteiger partial charge in [-0.1, -0.05) is 12.1 Å². The monoisotopic (exact) mass is 264 g/mol. The molecule has 0 radical (unpaired) electrons. The second-order valence-corrected chi connectivity index (χ2v) is 4.67. The van der Waals surface area contributed by atoms with Crippen molar-refractivity contribution in [1.29, 1.82) is 0 Å². The molecule has 19 heavy (non-hydrogen) atoms. The second-order valence-electron chi connectivity index (χ2n) is 4.67. The molecule has 1 heterocycles. The van der Waals surface area contributed by atoms with Crippen molar-refractivity contribution in [2.45, 2.75) is 18.9 Å². The van der Waals surface area contributed by atoms with Gasteiger partial charge in [0.25, 0.3) is 0 Å². The molecule has 0 bridgehead atoms. The molecule has 1 aromatic carbocycles. The summed E-state index contributed by atoms with van der Waals surface area (Å²) < 4.78 is 10.6. The Morgan fingerprint density at radius 3 is 2.74 bits per heavy atom. The van der Waals surface area contributed by atoms with E-state index in [2.05, 4.69) is 5.32 Å². The number of hydrogen-bond acceptors (Lipinski definition) is 4. The van der Waals surface area contributed by atoms with Crippen LogP contribution in [-0.4, -0.2) is 32.3 Å². The van der Waals surface area contributed by atoms with Crippen LogP contribution < -0.4 is 15.8 Å². The number of benzene rings is 1. The van der Waals surface area contributed by atoms with Crippen molar-refractivity contribution < 1.29 is 14.3 Å². The molecule has 1 unspecified atom stereocenters. The molecule has 1 aliphatic rings. The van der Waals surface area contributed by atoms with E-state index in [1.165, 1.54) is 0 Å². The first-order valence-electron chi connectivity index (χ1n) is 6.49. The van der Waals surface area contributed by atoms with E-state index in [-0.39, 0.29) is 17.9 Å². The molecule has 0 saturated carbocycles. The van der Waals surface area contributed by atoms with Crippen LogP contribution in [0.15, 0.2) is 24.3 Å². The molecule has 104 valence electrons. The van der Waals surface area contributed by atoms with E-state index in [4.69, 9.17) is 15.2 Å². The van der Waals surface area contributed by atoms with Crippen molar-refractivity contribution in [3.05, 3.63) is 24.3 Å². The van der Waals surface area contributed by atoms with Gasteiger partial charge >= 0.3 is 0 Å². The van der Waals surface area contributed by atoms with Crippen molar-refractivity contribution in [2.24, 2.45) is 11.7 Å². The van der Waals surface area contributed by atoms with E-state index in [1.54, 1.807) is 7.11 Å². The zero-order chi connectivity index (χ0) is 13.7. The minimum atomic E-state index is -0.389. The Hall–Kier alpha value is -1.75. The zero-order valence-corrected chi connectivity index (χ0v) is 11.1. The minimum Gasteiger partial charge on any atom is -0.495 e. The summed E-state index contributed by atoms with van der Waals surface area (Å²) in [5.41, 5.74) is 6.32. The van der Waals surface area contributed by atoms with Gasteiger partial charge in [0.05, 0.1) is 12.8 Å². The number of ether oxygens (including phenoxy) is 2. The summed E-state index contributed by atoms with van der Waals surface area (Å²) in [5, 5.41) is 3.21. The summed E-state index contributed by atoms with van der Waals surface area (Å²) in [5.74, 6) is 0.578. The lowest BCUT2D eigenvalue weighted by atomic mass is 9.91. The number of nitrogens with one attached hydrogen (secondary N) is 1. The van der Waals surface area contributed by atoms with Gasteiger partial charge in [-0.05, 0) is 30.9 Å². The lowest BCUT2D eigenvalue weighted by molar-refractivity contribution is -0.120. The van der Waals surface area contributed by atoms with Crippen molar-refractivity contribution in [1.82, 2.24) is 0 Å². The summed E-state index contributed by atoms with van der Waals surface area (Å²) in [6.45, 7) is 1.37. The van der Waals surface area contributed by atoms with Crippen LogP contribution in [0, 0.1) is 5.92 Å². The van der Waals surface area contributed by atoms with Crippen LogP contribution >= 0.6 is 0 Å². The molecule has 5 nitrogen and oxygen atoms in total. The molecule has 0 aromatic heterocycles. The highest BCUT2D eigenvalue weighted by atomic mass is 16.5. The topological polar surface area (TPSA) is 73.6 Å². The van der Waals surface area contributed by atoms with Crippen molar-refractivity contribution in [3.63, 3.8) is 0 Å². The Kier molecular flexibility index (Phi) is 4.63. The molecule has 1 atom stereocenters. The van der Waals surface area contributed by atoms with Gasteiger partial charge in [0.15, 0.2) is 0 Å². The van der Waals surface area contributed by atoms with Gasteiger partial charge < -0.3 is 20.5 Å². The largest absolute Gasteiger partial charge is 0.495 e. The fraction of sp³-hybridized carbons (Fsp3) is 0.500. The van der Waals surface area contributed by atoms with Crippen LogP contribution in [0.1, 0.15) is 12.8 Å². The Morgan fingerprint density at radius 1 is 1.42 bits per heavy atom. The molecule has 1 fully saturated rings. The minimum absolute atomic E-state index is 0.205. The number of rotatable bonds is 5. The van der Waals surface area contributed by atoms with Crippen LogP contribution in [-0.2, 0) is 9.53 Å². The lowest BCUT2D eigenvalue weighted by Gasteiger charge is -2.29. The third-order valence-corrected chi connectivity index (χ3v) is 3.46. The van der Waals surface area contributed by atoms with Crippen LogP contribution in [0.3, 0.4) is 0 Å². The van der Waals surface area contributed by atoms with Gasteiger partial charge in [0.2, 0.25) is 5.91 Å². The Balaban J connectivity index is 2.13. The quantitative estimate of drug-likeness (QED) is 0.842. The number of para-hydroxylation sites is 2. The van der Waals surface area contributed by atoms with Gasteiger partial charge in [0.1, 0.15) is 11.8 Å². The van der Waals surface area contributed by atoms with Gasteiger partial charge in [-0.3, -0.25) is 4.79 Å². The third-order valence-electron chi connectivity index (χ3n) is 3.46. The maximum atomic E-state index is 11.7. The SMILES string of the molecule is COc1ccccc1NC(C(N)=O)C1CCOCC1. The summed E-state index contributed by atoms with van der Waals surface area (Å²) in [4.78, 5) is 11.7. The standard InChI is InChI=1S/C14H20N2O3/c1-18-12-5-3-2-4-11(12)16-13(14(15)17)10-6-8-19-9-7-10/h2-5,10,13,16H,6-9H2,1H3,(H2,15,17). The molecule has 0 spiro atoms. The molecule has 1 aromatic rings. The predicted molar refractivity (Wildman–Crippen MR) is 73.1 cm³/mol. The number of amides is 1. The highest BCUT2D eigenvalue weighted by molar-refractivity contribution is 5.84. The molecular formula is C14H20N2O3. The Morgan fingerprint density at radius 2 is 2.11 bits per heavy atom. The van der Waals surface area contributed by atoms with E-state index in [9.17, 15) is 4.79 Å². The fourth-order valence-electron chi connectivity index (χ4n) is 2.40. The molecule has 1 amide bonds. The average Bonchev–Trinajstić information content (AvgIpc) is 2.45. The highest BCUT2D eigenvalue weighted by Gasteiger charge is 2.28. The molecule has 1 aliphatic heterocycles. The van der Waals surface area contributed by atoms with Crippen molar-refractivity contribution in [2.75, 3.05) is 25.6 Å². The Labute approximate surface area is 113 Å². The van der Waals surface area contributed by atoms with E-state index >= 15 is 0 Å². The van der Waals surface area contributed by atoms with Gasteiger partial charge in [-0.15, -0.1) is 0 Å². The van der Waals surface area contributed by atoms with E-state index in [0.29, 0.717) is 19.0 Å². The van der Waals surface area contributed by atoms with Crippen molar-refractivity contribution in [3.8, 4) is 5.75 Å². The molecule has 0 aliphatic carbocycles. The van der Waals surface area contributed by atoms with Crippen LogP contribution in [0.25, 0.3) is 0 Å². The number of methoxy groups -OCH3 is 1. The fourth-order valence-corrected chi connectivity index (χ4v) is 2.40. The molecule has 3 N–H and O–H groups in total. The van der Waals surface area contributed by atoms with Gasteiger partial charge in [0, 0.05) is 13.2 Å². The summed E-state index contributed by atoms with van der Waals surface area (Å²) in [6, 6.07) is 7.13. The molecule has 2 rings (SSSR count). The van der Waals surface area contributed by atoms with Crippen LogP contribution in [0.5, 0.6) is 5.75 Å². The summed E-state index contributed by atoms with van der Waals surface area (Å²) >= 11 is 0. The number of carbonyl (C=O) groups is 1. The molecular weight excluding hydrogens is 244 g/mol. The maximum Gasteiger partial charge on any atom is 0.240 e. The van der Waals surface area contributed by atoms with Crippen LogP contribution in [0.4, 0.5) is 5.69 Å². The first-order valence-corrected chi connectivity index (χ1v) is 6.49. The summed E-state index contributed by atoms with van der Waals surface area (Å²) in [6.07, 6.45) is 1.69. The predicted octanol–water partition coefficient (Wildman–Crippen LogP) is 1.39. The average molecular weight is 264 g/mol.